The molecule has 0 saturated carbocycles. The molecule has 12 aromatic rings. The van der Waals surface area contributed by atoms with Crippen LogP contribution in [0.25, 0.3) is 88.9 Å². The van der Waals surface area contributed by atoms with Crippen LogP contribution in [0.15, 0.2) is 218 Å². The highest BCUT2D eigenvalue weighted by atomic mass is 16.5. The minimum Gasteiger partial charge on any atom is -0.457 e. The highest BCUT2D eigenvalue weighted by Crippen LogP contribution is 2.61. The summed E-state index contributed by atoms with van der Waals surface area (Å²) in [5, 5.41) is 4.77. The van der Waals surface area contributed by atoms with Crippen molar-refractivity contribution in [2.45, 2.75) is 5.41 Å². The summed E-state index contributed by atoms with van der Waals surface area (Å²) in [6, 6.07) is 78.2. The maximum atomic E-state index is 7.07. The first kappa shape index (κ1) is 35.1. The Morgan fingerprint density at radius 2 is 0.938 bits per heavy atom. The average Bonchev–Trinajstić information content (AvgIpc) is 3.88. The molecular weight excluding hydrogens is 781 g/mol. The van der Waals surface area contributed by atoms with Crippen molar-refractivity contribution in [2.24, 2.45) is 0 Å². The van der Waals surface area contributed by atoms with Crippen LogP contribution in [0.2, 0.25) is 0 Å². The lowest BCUT2D eigenvalue weighted by molar-refractivity contribution is 0.435. The minimum atomic E-state index is -0.693. The predicted octanol–water partition coefficient (Wildman–Crippen LogP) is 14.5. The van der Waals surface area contributed by atoms with E-state index in [1.807, 2.05) is 12.1 Å². The van der Waals surface area contributed by atoms with Gasteiger partial charge in [-0.3, -0.25) is 0 Å². The Balaban J connectivity index is 1.05. The SMILES string of the molecule is c1ccc(-c2cc(-c3ccccc3)nc(-c3cccc(-n4c5ccccc5c5cc6c(cc54)C4(c5ccccc5O6)c5ccccc5-n5c6ccccc6c6cccc4c65)c3)n2)cc1. The number of hydrogen-bond acceptors (Lipinski definition) is 3. The van der Waals surface area contributed by atoms with E-state index in [0.717, 1.165) is 78.2 Å². The lowest BCUT2D eigenvalue weighted by Crippen LogP contribution is -2.37. The second kappa shape index (κ2) is 13.2. The first-order chi connectivity index (χ1) is 31.7. The summed E-state index contributed by atoms with van der Waals surface area (Å²) in [5.74, 6) is 2.40. The zero-order valence-electron chi connectivity index (χ0n) is 34.5. The van der Waals surface area contributed by atoms with Gasteiger partial charge in [-0.1, -0.05) is 164 Å². The quantitative estimate of drug-likeness (QED) is 0.178. The number of fused-ring (bicyclic) bond motifs is 14. The van der Waals surface area contributed by atoms with Crippen LogP contribution in [0.1, 0.15) is 22.3 Å². The van der Waals surface area contributed by atoms with E-state index in [2.05, 4.69) is 215 Å². The summed E-state index contributed by atoms with van der Waals surface area (Å²) in [7, 11) is 0. The summed E-state index contributed by atoms with van der Waals surface area (Å²) >= 11 is 0. The average molecular weight is 817 g/mol. The van der Waals surface area contributed by atoms with Gasteiger partial charge in [0, 0.05) is 55.0 Å². The standard InChI is InChI=1S/C59H36N4O/c1-3-17-37(18-4-1)49-36-50(38-19-5-2-6-20-38)61-58(60-49)39-21-15-22-40(33-39)62-51-29-11-8-24-42(51)44-34-56-48(35-54(44)62)59(46-27-10-14-32-55(46)64-56)45-26-9-13-31-53(45)63-52-30-12-7-23-41(52)43-25-16-28-47(59)57(43)63/h1-36H. The first-order valence-corrected chi connectivity index (χ1v) is 21.8. The van der Waals surface area contributed by atoms with Crippen molar-refractivity contribution in [3.63, 3.8) is 0 Å². The summed E-state index contributed by atoms with van der Waals surface area (Å²) in [6.07, 6.45) is 0. The summed E-state index contributed by atoms with van der Waals surface area (Å²) in [6.45, 7) is 0. The summed E-state index contributed by atoms with van der Waals surface area (Å²) < 4.78 is 12.0. The van der Waals surface area contributed by atoms with E-state index >= 15 is 0 Å². The molecule has 5 heteroatoms. The Hall–Kier alpha value is -8.54. The fourth-order valence-corrected chi connectivity index (χ4v) is 10.9. The summed E-state index contributed by atoms with van der Waals surface area (Å²) in [4.78, 5) is 10.4. The van der Waals surface area contributed by atoms with Gasteiger partial charge in [-0.15, -0.1) is 0 Å². The molecule has 0 bridgehead atoms. The predicted molar refractivity (Wildman–Crippen MR) is 259 cm³/mol. The van der Waals surface area contributed by atoms with Gasteiger partial charge in [-0.25, -0.2) is 9.97 Å². The smallest absolute Gasteiger partial charge is 0.160 e. The number of aromatic nitrogens is 4. The third kappa shape index (κ3) is 4.78. The third-order valence-electron chi connectivity index (χ3n) is 13.6. The molecule has 1 atom stereocenters. The fourth-order valence-electron chi connectivity index (χ4n) is 10.9. The summed E-state index contributed by atoms with van der Waals surface area (Å²) in [5.41, 5.74) is 15.6. The van der Waals surface area contributed by atoms with Gasteiger partial charge in [-0.05, 0) is 65.7 Å². The number of nitrogens with zero attached hydrogens (tertiary/aromatic N) is 4. The molecule has 0 aliphatic carbocycles. The van der Waals surface area contributed by atoms with Gasteiger partial charge in [0.1, 0.15) is 11.5 Å². The van der Waals surface area contributed by atoms with E-state index in [9.17, 15) is 0 Å². The highest BCUT2D eigenvalue weighted by Gasteiger charge is 2.50. The molecule has 0 fully saturated rings. The second-order valence-electron chi connectivity index (χ2n) is 16.9. The van der Waals surface area contributed by atoms with Gasteiger partial charge in [0.25, 0.3) is 0 Å². The number of rotatable bonds is 4. The van der Waals surface area contributed by atoms with E-state index in [1.54, 1.807) is 0 Å². The molecule has 14 rings (SSSR count). The molecule has 0 saturated heterocycles. The molecule has 298 valence electrons. The van der Waals surface area contributed by atoms with Crippen molar-refractivity contribution in [1.29, 1.82) is 0 Å². The Labute approximate surface area is 368 Å². The molecule has 1 unspecified atom stereocenters. The molecule has 2 aliphatic rings. The molecular formula is C59H36N4O. The normalized spacial score (nSPS) is 14.8. The molecule has 9 aromatic carbocycles. The maximum Gasteiger partial charge on any atom is 0.160 e. The lowest BCUT2D eigenvalue weighted by Gasteiger charge is -2.45. The van der Waals surface area contributed by atoms with Crippen molar-refractivity contribution in [1.82, 2.24) is 19.1 Å². The van der Waals surface area contributed by atoms with Crippen molar-refractivity contribution in [3.8, 4) is 56.8 Å². The molecule has 0 N–H and O–H groups in total. The molecule has 3 aromatic heterocycles. The van der Waals surface area contributed by atoms with Gasteiger partial charge < -0.3 is 13.9 Å². The topological polar surface area (TPSA) is 44.9 Å². The van der Waals surface area contributed by atoms with Gasteiger partial charge in [0.2, 0.25) is 0 Å². The van der Waals surface area contributed by atoms with E-state index in [4.69, 9.17) is 14.7 Å². The third-order valence-corrected chi connectivity index (χ3v) is 13.6. The van der Waals surface area contributed by atoms with Gasteiger partial charge >= 0.3 is 0 Å². The van der Waals surface area contributed by atoms with Crippen molar-refractivity contribution in [2.75, 3.05) is 0 Å². The molecule has 0 radical (unpaired) electrons. The zero-order chi connectivity index (χ0) is 41.9. The Morgan fingerprint density at radius 3 is 1.70 bits per heavy atom. The second-order valence-corrected chi connectivity index (χ2v) is 16.9. The molecule has 0 amide bonds. The largest absolute Gasteiger partial charge is 0.457 e. The van der Waals surface area contributed by atoms with E-state index in [0.29, 0.717) is 5.82 Å². The zero-order valence-corrected chi connectivity index (χ0v) is 34.5. The minimum absolute atomic E-state index is 0.673. The maximum absolute atomic E-state index is 7.07. The number of ether oxygens (including phenoxy) is 1. The van der Waals surface area contributed by atoms with Crippen LogP contribution in [0.5, 0.6) is 11.5 Å². The lowest BCUT2D eigenvalue weighted by atomic mass is 9.61. The van der Waals surface area contributed by atoms with Crippen LogP contribution in [0, 0.1) is 0 Å². The number of benzene rings is 9. The molecule has 2 aliphatic heterocycles. The Bertz CT molecular complexity index is 3830. The molecule has 5 heterocycles. The molecule has 64 heavy (non-hydrogen) atoms. The monoisotopic (exact) mass is 816 g/mol. The van der Waals surface area contributed by atoms with Crippen LogP contribution < -0.4 is 4.74 Å². The van der Waals surface area contributed by atoms with Crippen molar-refractivity contribution in [3.05, 3.63) is 241 Å². The van der Waals surface area contributed by atoms with Crippen LogP contribution in [0.4, 0.5) is 0 Å². The van der Waals surface area contributed by atoms with Crippen LogP contribution in [0.3, 0.4) is 0 Å². The Kier molecular flexibility index (Phi) is 7.26. The van der Waals surface area contributed by atoms with Crippen LogP contribution >= 0.6 is 0 Å². The van der Waals surface area contributed by atoms with Crippen molar-refractivity contribution >= 4 is 43.6 Å². The fraction of sp³-hybridized carbons (Fsp3) is 0.0169. The molecule has 5 nitrogen and oxygen atoms in total. The van der Waals surface area contributed by atoms with Crippen molar-refractivity contribution < 1.29 is 4.74 Å². The van der Waals surface area contributed by atoms with E-state index < -0.39 is 5.41 Å². The first-order valence-electron chi connectivity index (χ1n) is 21.8. The van der Waals surface area contributed by atoms with Crippen LogP contribution in [-0.4, -0.2) is 19.1 Å². The highest BCUT2D eigenvalue weighted by molar-refractivity contribution is 6.13. The van der Waals surface area contributed by atoms with Gasteiger partial charge in [0.15, 0.2) is 5.82 Å². The number of para-hydroxylation sites is 5. The molecule has 1 spiro atoms. The number of hydrogen-bond donors (Lipinski definition) is 0. The van der Waals surface area contributed by atoms with Gasteiger partial charge in [-0.2, -0.15) is 0 Å². The van der Waals surface area contributed by atoms with Crippen LogP contribution in [-0.2, 0) is 5.41 Å². The van der Waals surface area contributed by atoms with Gasteiger partial charge in [0.05, 0.1) is 44.6 Å². The van der Waals surface area contributed by atoms with E-state index in [1.165, 1.54) is 38.6 Å². The van der Waals surface area contributed by atoms with E-state index in [-0.39, 0.29) is 0 Å². The Morgan fingerprint density at radius 1 is 0.359 bits per heavy atom.